The maximum absolute atomic E-state index is 6.12. The predicted octanol–water partition coefficient (Wildman–Crippen LogP) is 8.97. The SMILES string of the molecule is CCCCCCCCCCCCCC(N)OC(N)CCCCCCCCCCCCC. The highest BCUT2D eigenvalue weighted by Gasteiger charge is 2.09. The van der Waals surface area contributed by atoms with Crippen molar-refractivity contribution in [3.8, 4) is 0 Å². The van der Waals surface area contributed by atoms with E-state index >= 15 is 0 Å². The molecular formula is C28H60N2O. The third kappa shape index (κ3) is 26.0. The van der Waals surface area contributed by atoms with E-state index in [-0.39, 0.29) is 12.5 Å². The summed E-state index contributed by atoms with van der Waals surface area (Å²) in [7, 11) is 0. The first-order chi connectivity index (χ1) is 15.2. The van der Waals surface area contributed by atoms with Gasteiger partial charge in [-0.15, -0.1) is 0 Å². The summed E-state index contributed by atoms with van der Waals surface area (Å²) in [6.07, 6.45) is 31.6. The van der Waals surface area contributed by atoms with Gasteiger partial charge in [0.1, 0.15) is 12.5 Å². The van der Waals surface area contributed by atoms with Crippen molar-refractivity contribution in [2.75, 3.05) is 0 Å². The Morgan fingerprint density at radius 3 is 0.871 bits per heavy atom. The molecule has 3 nitrogen and oxygen atoms in total. The maximum atomic E-state index is 6.12. The molecule has 2 atom stereocenters. The minimum atomic E-state index is -0.179. The fourth-order valence-electron chi connectivity index (χ4n) is 4.38. The van der Waals surface area contributed by atoms with Crippen molar-refractivity contribution in [2.24, 2.45) is 11.5 Å². The molecule has 0 bridgehead atoms. The maximum Gasteiger partial charge on any atom is 0.107 e. The molecule has 0 aliphatic heterocycles. The summed E-state index contributed by atoms with van der Waals surface area (Å²) >= 11 is 0. The van der Waals surface area contributed by atoms with E-state index < -0.39 is 0 Å². The van der Waals surface area contributed by atoms with Gasteiger partial charge in [0, 0.05) is 0 Å². The molecule has 188 valence electrons. The quantitative estimate of drug-likeness (QED) is 0.104. The summed E-state index contributed by atoms with van der Waals surface area (Å²) < 4.78 is 5.79. The number of unbranched alkanes of at least 4 members (excludes halogenated alkanes) is 20. The number of nitrogens with two attached hydrogens (primary N) is 2. The van der Waals surface area contributed by atoms with Gasteiger partial charge in [0.25, 0.3) is 0 Å². The van der Waals surface area contributed by atoms with E-state index in [1.165, 1.54) is 141 Å². The molecule has 0 rings (SSSR count). The monoisotopic (exact) mass is 440 g/mol. The van der Waals surface area contributed by atoms with E-state index in [1.807, 2.05) is 0 Å². The van der Waals surface area contributed by atoms with Gasteiger partial charge in [-0.3, -0.25) is 0 Å². The Labute approximate surface area is 196 Å². The number of ether oxygens (including phenoxy) is 1. The second-order valence-electron chi connectivity index (χ2n) is 9.86. The van der Waals surface area contributed by atoms with E-state index in [2.05, 4.69) is 13.8 Å². The molecule has 2 unspecified atom stereocenters. The van der Waals surface area contributed by atoms with Crippen LogP contribution in [0.25, 0.3) is 0 Å². The summed E-state index contributed by atoms with van der Waals surface area (Å²) in [5.74, 6) is 0. The van der Waals surface area contributed by atoms with Crippen molar-refractivity contribution in [2.45, 2.75) is 180 Å². The smallest absolute Gasteiger partial charge is 0.107 e. The van der Waals surface area contributed by atoms with Crippen LogP contribution in [-0.2, 0) is 4.74 Å². The lowest BCUT2D eigenvalue weighted by molar-refractivity contribution is -0.0156. The van der Waals surface area contributed by atoms with Crippen LogP contribution in [0.2, 0.25) is 0 Å². The van der Waals surface area contributed by atoms with Crippen LogP contribution in [0.15, 0.2) is 0 Å². The van der Waals surface area contributed by atoms with E-state index in [9.17, 15) is 0 Å². The Hall–Kier alpha value is -0.120. The standard InChI is InChI=1S/C28H60N2O/c1-3-5-7-9-11-13-15-17-19-21-23-25-27(29)31-28(30)26-24-22-20-18-16-14-12-10-8-6-4-2/h27-28H,3-26,29-30H2,1-2H3. The highest BCUT2D eigenvalue weighted by atomic mass is 16.5. The molecule has 0 radical (unpaired) electrons. The summed E-state index contributed by atoms with van der Waals surface area (Å²) in [4.78, 5) is 0. The largest absolute Gasteiger partial charge is 0.346 e. The summed E-state index contributed by atoms with van der Waals surface area (Å²) in [6, 6.07) is 0. The minimum Gasteiger partial charge on any atom is -0.346 e. The Morgan fingerprint density at radius 1 is 0.387 bits per heavy atom. The highest BCUT2D eigenvalue weighted by molar-refractivity contribution is 4.57. The van der Waals surface area contributed by atoms with Gasteiger partial charge >= 0.3 is 0 Å². The molecule has 0 aliphatic rings. The molecule has 31 heavy (non-hydrogen) atoms. The van der Waals surface area contributed by atoms with Crippen LogP contribution in [-0.4, -0.2) is 12.5 Å². The third-order valence-electron chi connectivity index (χ3n) is 6.53. The van der Waals surface area contributed by atoms with Crippen LogP contribution in [0.4, 0.5) is 0 Å². The summed E-state index contributed by atoms with van der Waals surface area (Å²) in [5.41, 5.74) is 12.2. The van der Waals surface area contributed by atoms with Gasteiger partial charge in [0.15, 0.2) is 0 Å². The topological polar surface area (TPSA) is 61.3 Å². The Morgan fingerprint density at radius 2 is 0.613 bits per heavy atom. The fraction of sp³-hybridized carbons (Fsp3) is 1.00. The minimum absolute atomic E-state index is 0.179. The van der Waals surface area contributed by atoms with Gasteiger partial charge in [0.05, 0.1) is 0 Å². The molecule has 0 fully saturated rings. The average molecular weight is 441 g/mol. The summed E-state index contributed by atoms with van der Waals surface area (Å²) in [6.45, 7) is 4.56. The first-order valence-electron chi connectivity index (χ1n) is 14.4. The number of hydrogen-bond acceptors (Lipinski definition) is 3. The van der Waals surface area contributed by atoms with Crippen LogP contribution in [0.1, 0.15) is 168 Å². The normalized spacial score (nSPS) is 13.5. The Kier molecular flexibility index (Phi) is 26.0. The van der Waals surface area contributed by atoms with Gasteiger partial charge in [0.2, 0.25) is 0 Å². The number of rotatable bonds is 26. The predicted molar refractivity (Wildman–Crippen MR) is 139 cm³/mol. The second kappa shape index (κ2) is 26.1. The second-order valence-corrected chi connectivity index (χ2v) is 9.86. The molecule has 0 aromatic rings. The van der Waals surface area contributed by atoms with Crippen LogP contribution >= 0.6 is 0 Å². The van der Waals surface area contributed by atoms with Gasteiger partial charge in [-0.05, 0) is 25.7 Å². The first-order valence-corrected chi connectivity index (χ1v) is 14.4. The third-order valence-corrected chi connectivity index (χ3v) is 6.53. The summed E-state index contributed by atoms with van der Waals surface area (Å²) in [5, 5.41) is 0. The zero-order valence-electron chi connectivity index (χ0n) is 21.7. The van der Waals surface area contributed by atoms with Crippen molar-refractivity contribution in [1.29, 1.82) is 0 Å². The van der Waals surface area contributed by atoms with Crippen molar-refractivity contribution < 1.29 is 4.74 Å². The first kappa shape index (κ1) is 30.9. The van der Waals surface area contributed by atoms with E-state index in [0.29, 0.717) is 0 Å². The van der Waals surface area contributed by atoms with Crippen LogP contribution < -0.4 is 11.5 Å². The van der Waals surface area contributed by atoms with Gasteiger partial charge in [-0.1, -0.05) is 142 Å². The molecule has 0 spiro atoms. The lowest BCUT2D eigenvalue weighted by Gasteiger charge is -2.19. The van der Waals surface area contributed by atoms with Gasteiger partial charge in [-0.25, -0.2) is 0 Å². The van der Waals surface area contributed by atoms with Crippen molar-refractivity contribution >= 4 is 0 Å². The molecule has 0 heterocycles. The van der Waals surface area contributed by atoms with Crippen LogP contribution in [0.3, 0.4) is 0 Å². The average Bonchev–Trinajstić information content (AvgIpc) is 2.75. The molecule has 0 saturated heterocycles. The lowest BCUT2D eigenvalue weighted by Crippen LogP contribution is -2.34. The Bertz CT molecular complexity index is 294. The van der Waals surface area contributed by atoms with Crippen molar-refractivity contribution in [1.82, 2.24) is 0 Å². The molecular weight excluding hydrogens is 380 g/mol. The lowest BCUT2D eigenvalue weighted by atomic mass is 10.0. The van der Waals surface area contributed by atoms with E-state index in [1.54, 1.807) is 0 Å². The van der Waals surface area contributed by atoms with Crippen molar-refractivity contribution in [3.63, 3.8) is 0 Å². The molecule has 0 aromatic carbocycles. The van der Waals surface area contributed by atoms with Crippen LogP contribution in [0, 0.1) is 0 Å². The zero-order valence-corrected chi connectivity index (χ0v) is 21.7. The fourth-order valence-corrected chi connectivity index (χ4v) is 4.38. The molecule has 0 saturated carbocycles. The molecule has 4 N–H and O–H groups in total. The number of hydrogen-bond donors (Lipinski definition) is 2. The highest BCUT2D eigenvalue weighted by Crippen LogP contribution is 2.14. The molecule has 0 amide bonds. The van der Waals surface area contributed by atoms with Crippen molar-refractivity contribution in [3.05, 3.63) is 0 Å². The molecule has 0 aromatic heterocycles. The zero-order chi connectivity index (χ0) is 22.8. The Balaban J connectivity index is 3.29. The van der Waals surface area contributed by atoms with Gasteiger partial charge < -0.3 is 16.2 Å². The van der Waals surface area contributed by atoms with Crippen LogP contribution in [0.5, 0.6) is 0 Å². The van der Waals surface area contributed by atoms with Gasteiger partial charge in [-0.2, -0.15) is 0 Å². The molecule has 3 heteroatoms. The van der Waals surface area contributed by atoms with E-state index in [4.69, 9.17) is 16.2 Å². The van der Waals surface area contributed by atoms with E-state index in [0.717, 1.165) is 12.8 Å². The molecule has 0 aliphatic carbocycles.